The Kier molecular flexibility index (Phi) is 1.84. The van der Waals surface area contributed by atoms with Gasteiger partial charge in [-0.05, 0) is 12.5 Å². The summed E-state index contributed by atoms with van der Waals surface area (Å²) in [5.74, 6) is -1.81. The summed E-state index contributed by atoms with van der Waals surface area (Å²) in [4.78, 5) is 10.6. The zero-order valence-corrected chi connectivity index (χ0v) is 7.34. The third-order valence-electron chi connectivity index (χ3n) is 2.55. The molecule has 0 saturated heterocycles. The lowest BCUT2D eigenvalue weighted by atomic mass is 10.1. The van der Waals surface area contributed by atoms with Gasteiger partial charge in [0.2, 0.25) is 0 Å². The molecule has 0 bridgehead atoms. The Hall–Kier alpha value is -1.71. The van der Waals surface area contributed by atoms with Gasteiger partial charge in [0, 0.05) is 11.5 Å². The molecule has 3 N–H and O–H groups in total. The van der Waals surface area contributed by atoms with Gasteiger partial charge in [0.25, 0.3) is 0 Å². The number of hydrogen-bond acceptors (Lipinski definition) is 3. The van der Waals surface area contributed by atoms with Gasteiger partial charge in [0.1, 0.15) is 0 Å². The molecular weight excluding hydrogens is 184 g/mol. The molecular formula is C10H10O4. The number of benzene rings is 1. The average molecular weight is 194 g/mol. The van der Waals surface area contributed by atoms with Crippen LogP contribution in [-0.2, 0) is 4.79 Å². The Morgan fingerprint density at radius 3 is 2.64 bits per heavy atom. The van der Waals surface area contributed by atoms with Crippen LogP contribution >= 0.6 is 0 Å². The molecule has 1 aromatic carbocycles. The lowest BCUT2D eigenvalue weighted by molar-refractivity contribution is -0.138. The van der Waals surface area contributed by atoms with Crippen molar-refractivity contribution in [1.29, 1.82) is 0 Å². The molecule has 0 spiro atoms. The van der Waals surface area contributed by atoms with Crippen LogP contribution in [-0.4, -0.2) is 21.3 Å². The second-order valence-corrected chi connectivity index (χ2v) is 3.50. The van der Waals surface area contributed by atoms with E-state index in [0.717, 1.165) is 0 Å². The van der Waals surface area contributed by atoms with Gasteiger partial charge in [-0.3, -0.25) is 4.79 Å². The normalized spacial score (nSPS) is 24.6. The third-order valence-corrected chi connectivity index (χ3v) is 2.55. The van der Waals surface area contributed by atoms with Crippen molar-refractivity contribution in [2.45, 2.75) is 12.3 Å². The fourth-order valence-corrected chi connectivity index (χ4v) is 1.66. The summed E-state index contributed by atoms with van der Waals surface area (Å²) in [6.45, 7) is 0. The van der Waals surface area contributed by atoms with Crippen molar-refractivity contribution in [3.63, 3.8) is 0 Å². The average Bonchev–Trinajstić information content (AvgIpc) is 2.89. The largest absolute Gasteiger partial charge is 0.504 e. The number of hydrogen-bond donors (Lipinski definition) is 3. The molecule has 4 heteroatoms. The molecule has 0 unspecified atom stereocenters. The van der Waals surface area contributed by atoms with Gasteiger partial charge >= 0.3 is 5.97 Å². The maximum Gasteiger partial charge on any atom is 0.307 e. The molecule has 1 aliphatic carbocycles. The van der Waals surface area contributed by atoms with Crippen molar-refractivity contribution in [3.8, 4) is 11.5 Å². The minimum Gasteiger partial charge on any atom is -0.504 e. The Balaban J connectivity index is 2.27. The van der Waals surface area contributed by atoms with Gasteiger partial charge in [0.15, 0.2) is 11.5 Å². The van der Waals surface area contributed by atoms with Gasteiger partial charge in [-0.15, -0.1) is 0 Å². The molecule has 0 aromatic heterocycles. The molecule has 2 atom stereocenters. The number of phenols is 2. The van der Waals surface area contributed by atoms with E-state index in [0.29, 0.717) is 12.0 Å². The summed E-state index contributed by atoms with van der Waals surface area (Å²) < 4.78 is 0. The summed E-state index contributed by atoms with van der Waals surface area (Å²) in [6.07, 6.45) is 0.534. The molecule has 1 aromatic rings. The summed E-state index contributed by atoms with van der Waals surface area (Å²) in [5, 5.41) is 27.4. The Bertz CT molecular complexity index is 386. The van der Waals surface area contributed by atoms with Crippen molar-refractivity contribution in [2.75, 3.05) is 0 Å². The Morgan fingerprint density at radius 1 is 1.36 bits per heavy atom. The second-order valence-electron chi connectivity index (χ2n) is 3.50. The SMILES string of the molecule is O=C(O)[C@@H]1C[C@H]1c1cccc(O)c1O. The monoisotopic (exact) mass is 194 g/mol. The highest BCUT2D eigenvalue weighted by Crippen LogP contribution is 2.51. The highest BCUT2D eigenvalue weighted by Gasteiger charge is 2.45. The van der Waals surface area contributed by atoms with Crippen LogP contribution < -0.4 is 0 Å². The number of aliphatic carboxylic acids is 1. The number of carboxylic acid groups (broad SMARTS) is 1. The van der Waals surface area contributed by atoms with Crippen molar-refractivity contribution >= 4 is 5.97 Å². The van der Waals surface area contributed by atoms with E-state index in [2.05, 4.69) is 0 Å². The molecule has 1 saturated carbocycles. The van der Waals surface area contributed by atoms with Crippen LogP contribution in [0.3, 0.4) is 0 Å². The Morgan fingerprint density at radius 2 is 2.07 bits per heavy atom. The minimum atomic E-state index is -0.849. The zero-order valence-electron chi connectivity index (χ0n) is 7.34. The summed E-state index contributed by atoms with van der Waals surface area (Å²) in [6, 6.07) is 4.61. The van der Waals surface area contributed by atoms with Crippen molar-refractivity contribution in [1.82, 2.24) is 0 Å². The standard InChI is InChI=1S/C10H10O4/c11-8-3-1-2-5(9(8)12)6-4-7(6)10(13)14/h1-3,6-7,11-12H,4H2,(H,13,14)/t6-,7+/m0/s1. The quantitative estimate of drug-likeness (QED) is 0.620. The number of carbonyl (C=O) groups is 1. The van der Waals surface area contributed by atoms with Crippen LogP contribution in [0.25, 0.3) is 0 Å². The van der Waals surface area contributed by atoms with Crippen LogP contribution in [0.5, 0.6) is 11.5 Å². The van der Waals surface area contributed by atoms with E-state index in [4.69, 9.17) is 5.11 Å². The van der Waals surface area contributed by atoms with E-state index < -0.39 is 11.9 Å². The van der Waals surface area contributed by atoms with Crippen molar-refractivity contribution in [3.05, 3.63) is 23.8 Å². The molecule has 0 radical (unpaired) electrons. The maximum absolute atomic E-state index is 10.6. The van der Waals surface area contributed by atoms with Crippen molar-refractivity contribution < 1.29 is 20.1 Å². The molecule has 4 nitrogen and oxygen atoms in total. The molecule has 1 fully saturated rings. The summed E-state index contributed by atoms with van der Waals surface area (Å²) in [7, 11) is 0. The van der Waals surface area contributed by atoms with E-state index in [9.17, 15) is 15.0 Å². The van der Waals surface area contributed by atoms with E-state index in [1.54, 1.807) is 12.1 Å². The predicted molar refractivity (Wildman–Crippen MR) is 48.3 cm³/mol. The molecule has 14 heavy (non-hydrogen) atoms. The molecule has 2 rings (SSSR count). The van der Waals surface area contributed by atoms with E-state index in [1.807, 2.05) is 0 Å². The third kappa shape index (κ3) is 1.28. The topological polar surface area (TPSA) is 77.8 Å². The molecule has 1 aliphatic rings. The number of phenolic OH excluding ortho intramolecular Hbond substituents is 2. The van der Waals surface area contributed by atoms with Crippen molar-refractivity contribution in [2.24, 2.45) is 5.92 Å². The maximum atomic E-state index is 10.6. The molecule has 0 aliphatic heterocycles. The van der Waals surface area contributed by atoms with E-state index in [-0.39, 0.29) is 17.4 Å². The first-order valence-corrected chi connectivity index (χ1v) is 4.35. The highest BCUT2D eigenvalue weighted by molar-refractivity contribution is 5.75. The van der Waals surface area contributed by atoms with E-state index in [1.165, 1.54) is 6.07 Å². The van der Waals surface area contributed by atoms with Crippen LogP contribution in [0.15, 0.2) is 18.2 Å². The van der Waals surface area contributed by atoms with Crippen LogP contribution in [0.2, 0.25) is 0 Å². The number of para-hydroxylation sites is 1. The van der Waals surface area contributed by atoms with Crippen LogP contribution in [0, 0.1) is 5.92 Å². The van der Waals surface area contributed by atoms with Crippen LogP contribution in [0.4, 0.5) is 0 Å². The lowest BCUT2D eigenvalue weighted by Gasteiger charge is -2.03. The number of rotatable bonds is 2. The first-order valence-electron chi connectivity index (χ1n) is 4.35. The summed E-state index contributed by atoms with van der Waals surface area (Å²) in [5.41, 5.74) is 0.525. The number of aromatic hydroxyl groups is 2. The highest BCUT2D eigenvalue weighted by atomic mass is 16.4. The molecule has 74 valence electrons. The molecule has 0 amide bonds. The smallest absolute Gasteiger partial charge is 0.307 e. The van der Waals surface area contributed by atoms with Gasteiger partial charge in [-0.2, -0.15) is 0 Å². The van der Waals surface area contributed by atoms with E-state index >= 15 is 0 Å². The van der Waals surface area contributed by atoms with Gasteiger partial charge < -0.3 is 15.3 Å². The fourth-order valence-electron chi connectivity index (χ4n) is 1.66. The predicted octanol–water partition coefficient (Wildman–Crippen LogP) is 1.29. The molecule has 0 heterocycles. The van der Waals surface area contributed by atoms with Crippen LogP contribution in [0.1, 0.15) is 17.9 Å². The fraction of sp³-hybridized carbons (Fsp3) is 0.300. The minimum absolute atomic E-state index is 0.153. The second kappa shape index (κ2) is 2.90. The summed E-state index contributed by atoms with van der Waals surface area (Å²) >= 11 is 0. The van der Waals surface area contributed by atoms with Gasteiger partial charge in [-0.1, -0.05) is 12.1 Å². The first-order chi connectivity index (χ1) is 6.61. The zero-order chi connectivity index (χ0) is 10.3. The Labute approximate surface area is 80.4 Å². The van der Waals surface area contributed by atoms with Gasteiger partial charge in [0.05, 0.1) is 5.92 Å². The van der Waals surface area contributed by atoms with Gasteiger partial charge in [-0.25, -0.2) is 0 Å². The first kappa shape index (κ1) is 8.87. The lowest BCUT2D eigenvalue weighted by Crippen LogP contribution is -1.98. The number of carboxylic acids is 1.